The normalized spacial score (nSPS) is 10.5. The van der Waals surface area contributed by atoms with Gasteiger partial charge >= 0.3 is 0 Å². The minimum Gasteiger partial charge on any atom is -0.239 e. The Hall–Kier alpha value is -1.60. The Kier molecular flexibility index (Phi) is 3.30. The summed E-state index contributed by atoms with van der Waals surface area (Å²) in [6.07, 6.45) is 1.89. The molecule has 86 valence electrons. The highest BCUT2D eigenvalue weighted by Gasteiger charge is 2.08. The molecule has 0 bridgehead atoms. The zero-order valence-corrected chi connectivity index (χ0v) is 11.3. The van der Waals surface area contributed by atoms with Gasteiger partial charge in [0.25, 0.3) is 0 Å². The van der Waals surface area contributed by atoms with Crippen LogP contribution in [0, 0.1) is 11.3 Å². The van der Waals surface area contributed by atoms with E-state index in [0.717, 1.165) is 15.9 Å². The molecule has 2 aromatic rings. The van der Waals surface area contributed by atoms with Crippen LogP contribution in [0.3, 0.4) is 0 Å². The molecule has 0 saturated carbocycles. The Morgan fingerprint density at radius 3 is 2.71 bits per heavy atom. The molecule has 0 amide bonds. The number of halogens is 1. The van der Waals surface area contributed by atoms with Crippen molar-refractivity contribution in [2.75, 3.05) is 0 Å². The van der Waals surface area contributed by atoms with Gasteiger partial charge in [0.1, 0.15) is 6.07 Å². The first-order valence-corrected chi connectivity index (χ1v) is 6.16. The van der Waals surface area contributed by atoms with Crippen LogP contribution < -0.4 is 0 Å². The van der Waals surface area contributed by atoms with E-state index in [0.29, 0.717) is 11.5 Å². The van der Waals surface area contributed by atoms with E-state index >= 15 is 0 Å². The van der Waals surface area contributed by atoms with Gasteiger partial charge in [-0.2, -0.15) is 10.4 Å². The smallest absolute Gasteiger partial charge is 0.101 e. The molecule has 2 rings (SSSR count). The summed E-state index contributed by atoms with van der Waals surface area (Å²) in [5, 5.41) is 13.6. The average Bonchev–Trinajstić information content (AvgIpc) is 2.78. The van der Waals surface area contributed by atoms with Crippen LogP contribution >= 0.6 is 15.9 Å². The number of nitriles is 1. The highest BCUT2D eigenvalue weighted by molar-refractivity contribution is 9.10. The van der Waals surface area contributed by atoms with Gasteiger partial charge in [-0.3, -0.25) is 0 Å². The van der Waals surface area contributed by atoms with E-state index in [4.69, 9.17) is 5.26 Å². The zero-order valence-electron chi connectivity index (χ0n) is 9.68. The summed E-state index contributed by atoms with van der Waals surface area (Å²) in [7, 11) is 0. The predicted molar refractivity (Wildman–Crippen MR) is 70.1 cm³/mol. The number of nitrogens with zero attached hydrogens (tertiary/aromatic N) is 3. The lowest BCUT2D eigenvalue weighted by Crippen LogP contribution is -2.00. The van der Waals surface area contributed by atoms with Gasteiger partial charge in [0.2, 0.25) is 0 Å². The number of benzene rings is 1. The maximum Gasteiger partial charge on any atom is 0.101 e. The lowest BCUT2D eigenvalue weighted by molar-refractivity contribution is 0.767. The molecule has 0 aliphatic heterocycles. The number of aromatic nitrogens is 2. The van der Waals surface area contributed by atoms with Crippen molar-refractivity contribution in [1.29, 1.82) is 5.26 Å². The third-order valence-electron chi connectivity index (χ3n) is 2.53. The summed E-state index contributed by atoms with van der Waals surface area (Å²) < 4.78 is 2.69. The minimum absolute atomic E-state index is 0.383. The summed E-state index contributed by atoms with van der Waals surface area (Å²) in [6, 6.07) is 9.70. The number of rotatable bonds is 2. The van der Waals surface area contributed by atoms with E-state index in [-0.39, 0.29) is 0 Å². The lowest BCUT2D eigenvalue weighted by atomic mass is 10.1. The van der Waals surface area contributed by atoms with E-state index < -0.39 is 0 Å². The molecule has 1 aromatic heterocycles. The molecule has 0 aliphatic rings. The Bertz CT molecular complexity index is 579. The second-order valence-corrected chi connectivity index (χ2v) is 5.03. The fourth-order valence-electron chi connectivity index (χ4n) is 1.57. The van der Waals surface area contributed by atoms with Gasteiger partial charge in [-0.15, -0.1) is 0 Å². The van der Waals surface area contributed by atoms with E-state index in [1.165, 1.54) is 0 Å². The Morgan fingerprint density at radius 1 is 1.35 bits per heavy atom. The molecule has 3 nitrogen and oxygen atoms in total. The molecule has 0 fully saturated rings. The fraction of sp³-hybridized carbons (Fsp3) is 0.231. The third kappa shape index (κ3) is 2.40. The molecule has 0 N–H and O–H groups in total. The minimum atomic E-state index is 0.383. The first kappa shape index (κ1) is 11.9. The lowest BCUT2D eigenvalue weighted by Gasteiger charge is -2.05. The van der Waals surface area contributed by atoms with Crippen molar-refractivity contribution in [3.63, 3.8) is 0 Å². The van der Waals surface area contributed by atoms with Crippen molar-refractivity contribution < 1.29 is 0 Å². The van der Waals surface area contributed by atoms with Crippen molar-refractivity contribution in [2.24, 2.45) is 0 Å². The molecule has 17 heavy (non-hydrogen) atoms. The van der Waals surface area contributed by atoms with E-state index in [2.05, 4.69) is 40.9 Å². The summed E-state index contributed by atoms with van der Waals surface area (Å²) in [4.78, 5) is 0. The van der Waals surface area contributed by atoms with Gasteiger partial charge in [0.15, 0.2) is 0 Å². The quantitative estimate of drug-likeness (QED) is 0.847. The predicted octanol–water partition coefficient (Wildman–Crippen LogP) is 3.63. The van der Waals surface area contributed by atoms with Gasteiger partial charge in [-0.05, 0) is 30.2 Å². The molecule has 0 saturated heterocycles. The highest BCUT2D eigenvalue weighted by atomic mass is 79.9. The Morgan fingerprint density at radius 2 is 2.12 bits per heavy atom. The van der Waals surface area contributed by atoms with Crippen LogP contribution in [-0.4, -0.2) is 9.78 Å². The standard InChI is InChI=1S/C13H12BrN3/c1-9(2)12-5-6-17(16-12)13-7-11(14)4-3-10(13)8-15/h3-7,9H,1-2H3. The van der Waals surface area contributed by atoms with E-state index in [1.807, 2.05) is 24.4 Å². The zero-order chi connectivity index (χ0) is 12.4. The molecule has 0 spiro atoms. The third-order valence-corrected chi connectivity index (χ3v) is 3.02. The van der Waals surface area contributed by atoms with Crippen LogP contribution in [0.2, 0.25) is 0 Å². The second kappa shape index (κ2) is 4.72. The van der Waals surface area contributed by atoms with Crippen molar-refractivity contribution in [2.45, 2.75) is 19.8 Å². The molecular formula is C13H12BrN3. The fourth-order valence-corrected chi connectivity index (χ4v) is 1.92. The summed E-state index contributed by atoms with van der Waals surface area (Å²) >= 11 is 3.41. The van der Waals surface area contributed by atoms with Crippen molar-refractivity contribution in [3.05, 3.63) is 46.2 Å². The van der Waals surface area contributed by atoms with Crippen LogP contribution in [0.1, 0.15) is 31.0 Å². The monoisotopic (exact) mass is 289 g/mol. The van der Waals surface area contributed by atoms with Crippen LogP contribution in [-0.2, 0) is 0 Å². The average molecular weight is 290 g/mol. The SMILES string of the molecule is CC(C)c1ccn(-c2cc(Br)ccc2C#N)n1. The van der Waals surface area contributed by atoms with E-state index in [1.54, 1.807) is 10.7 Å². The molecule has 0 radical (unpaired) electrons. The van der Waals surface area contributed by atoms with Gasteiger partial charge in [0, 0.05) is 10.7 Å². The van der Waals surface area contributed by atoms with Crippen molar-refractivity contribution >= 4 is 15.9 Å². The maximum atomic E-state index is 9.08. The van der Waals surface area contributed by atoms with E-state index in [9.17, 15) is 0 Å². The van der Waals surface area contributed by atoms with Crippen molar-refractivity contribution in [1.82, 2.24) is 9.78 Å². The molecule has 0 aliphatic carbocycles. The molecule has 0 unspecified atom stereocenters. The van der Waals surface area contributed by atoms with Gasteiger partial charge < -0.3 is 0 Å². The maximum absolute atomic E-state index is 9.08. The van der Waals surface area contributed by atoms with Gasteiger partial charge in [-0.1, -0.05) is 29.8 Å². The molecule has 1 aromatic carbocycles. The van der Waals surface area contributed by atoms with Crippen molar-refractivity contribution in [3.8, 4) is 11.8 Å². The number of hydrogen-bond acceptors (Lipinski definition) is 2. The summed E-state index contributed by atoms with van der Waals surface area (Å²) in [5.74, 6) is 0.383. The van der Waals surface area contributed by atoms with Gasteiger partial charge in [-0.25, -0.2) is 4.68 Å². The number of hydrogen-bond donors (Lipinski definition) is 0. The second-order valence-electron chi connectivity index (χ2n) is 4.11. The van der Waals surface area contributed by atoms with Crippen LogP contribution in [0.5, 0.6) is 0 Å². The Labute approximate surface area is 109 Å². The highest BCUT2D eigenvalue weighted by Crippen LogP contribution is 2.21. The van der Waals surface area contributed by atoms with Crippen LogP contribution in [0.4, 0.5) is 0 Å². The molecular weight excluding hydrogens is 278 g/mol. The van der Waals surface area contributed by atoms with Crippen LogP contribution in [0.25, 0.3) is 5.69 Å². The van der Waals surface area contributed by atoms with Gasteiger partial charge in [0.05, 0.1) is 16.9 Å². The molecule has 4 heteroatoms. The largest absolute Gasteiger partial charge is 0.239 e. The summed E-state index contributed by atoms with van der Waals surface area (Å²) in [6.45, 7) is 4.19. The molecule has 0 atom stereocenters. The topological polar surface area (TPSA) is 41.6 Å². The first-order chi connectivity index (χ1) is 8.11. The Balaban J connectivity index is 2.52. The molecule has 1 heterocycles. The van der Waals surface area contributed by atoms with Crippen LogP contribution in [0.15, 0.2) is 34.9 Å². The summed E-state index contributed by atoms with van der Waals surface area (Å²) in [5.41, 5.74) is 2.44. The first-order valence-electron chi connectivity index (χ1n) is 5.37.